The summed E-state index contributed by atoms with van der Waals surface area (Å²) in [5, 5.41) is 4.17. The third kappa shape index (κ3) is 2.81. The Balaban J connectivity index is 1.79. The Bertz CT molecular complexity index is 941. The van der Waals surface area contributed by atoms with Crippen LogP contribution >= 0.6 is 0 Å². The molecule has 3 heterocycles. The van der Waals surface area contributed by atoms with Crippen molar-refractivity contribution in [2.24, 2.45) is 0 Å². The van der Waals surface area contributed by atoms with Crippen LogP contribution in [0.3, 0.4) is 0 Å². The summed E-state index contributed by atoms with van der Waals surface area (Å²) in [4.78, 5) is 1.45. The van der Waals surface area contributed by atoms with E-state index in [1.165, 1.54) is 4.90 Å². The molecule has 2 aromatic rings. The Morgan fingerprint density at radius 3 is 2.85 bits per heavy atom. The van der Waals surface area contributed by atoms with Crippen LogP contribution in [0.25, 0.3) is 11.6 Å². The number of aromatic nitrogens is 2. The van der Waals surface area contributed by atoms with E-state index in [4.69, 9.17) is 0 Å². The summed E-state index contributed by atoms with van der Waals surface area (Å²) in [6.45, 7) is 3.17. The van der Waals surface area contributed by atoms with Gasteiger partial charge in [0.1, 0.15) is 11.7 Å². The predicted octanol–water partition coefficient (Wildman–Crippen LogP) is 5.06. The first-order chi connectivity index (χ1) is 12.4. The van der Waals surface area contributed by atoms with Crippen molar-refractivity contribution >= 4 is 17.3 Å². The second-order valence-corrected chi connectivity index (χ2v) is 6.67. The second-order valence-electron chi connectivity index (χ2n) is 6.67. The number of alkyl halides is 2. The lowest BCUT2D eigenvalue weighted by molar-refractivity contribution is 0.0234. The fourth-order valence-electron chi connectivity index (χ4n) is 3.66. The van der Waals surface area contributed by atoms with Crippen molar-refractivity contribution in [1.82, 2.24) is 9.61 Å². The minimum absolute atomic E-state index is 0.0169. The first-order valence-electron chi connectivity index (χ1n) is 8.37. The number of fused-ring (bicyclic) bond motifs is 1. The Morgan fingerprint density at radius 2 is 2.08 bits per heavy atom. The average Bonchev–Trinajstić information content (AvgIpc) is 3.16. The number of pyridine rings is 1. The molecule has 7 heteroatoms. The van der Waals surface area contributed by atoms with Gasteiger partial charge in [-0.25, -0.2) is 22.1 Å². The van der Waals surface area contributed by atoms with Gasteiger partial charge < -0.3 is 4.90 Å². The summed E-state index contributed by atoms with van der Waals surface area (Å²) in [7, 11) is 0. The molecule has 0 N–H and O–H groups in total. The van der Waals surface area contributed by atoms with E-state index in [1.807, 2.05) is 0 Å². The van der Waals surface area contributed by atoms with Gasteiger partial charge in [0.25, 0.3) is 5.92 Å². The number of halogens is 4. The molecule has 1 fully saturated rings. The highest BCUT2D eigenvalue weighted by Crippen LogP contribution is 2.42. The molecule has 1 aliphatic carbocycles. The highest BCUT2D eigenvalue weighted by Gasteiger charge is 2.47. The van der Waals surface area contributed by atoms with E-state index in [2.05, 4.69) is 11.7 Å². The molecule has 1 saturated heterocycles. The van der Waals surface area contributed by atoms with Gasteiger partial charge in [0.15, 0.2) is 0 Å². The maximum Gasteiger partial charge on any atom is 0.267 e. The molecule has 4 rings (SSSR count). The number of allylic oxidation sites excluding steroid dienone is 2. The van der Waals surface area contributed by atoms with Crippen molar-refractivity contribution in [3.63, 3.8) is 0 Å². The lowest BCUT2D eigenvalue weighted by Gasteiger charge is -2.28. The molecule has 0 amide bonds. The number of anilines is 1. The Morgan fingerprint density at radius 1 is 1.27 bits per heavy atom. The molecule has 3 nitrogen and oxygen atoms in total. The van der Waals surface area contributed by atoms with E-state index in [1.54, 1.807) is 35.1 Å². The van der Waals surface area contributed by atoms with Gasteiger partial charge >= 0.3 is 0 Å². The first kappa shape index (κ1) is 16.9. The van der Waals surface area contributed by atoms with Crippen molar-refractivity contribution in [3.05, 3.63) is 60.0 Å². The topological polar surface area (TPSA) is 20.5 Å². The smallest absolute Gasteiger partial charge is 0.267 e. The summed E-state index contributed by atoms with van der Waals surface area (Å²) >= 11 is 0. The third-order valence-electron chi connectivity index (χ3n) is 4.92. The van der Waals surface area contributed by atoms with Gasteiger partial charge in [-0.2, -0.15) is 5.10 Å². The molecular weight excluding hydrogens is 346 g/mol. The van der Waals surface area contributed by atoms with Crippen molar-refractivity contribution in [2.45, 2.75) is 31.2 Å². The predicted molar refractivity (Wildman–Crippen MR) is 92.5 cm³/mol. The Kier molecular flexibility index (Phi) is 3.89. The molecule has 26 heavy (non-hydrogen) atoms. The van der Waals surface area contributed by atoms with Crippen LogP contribution in [0.5, 0.6) is 0 Å². The van der Waals surface area contributed by atoms with Gasteiger partial charge in [-0.1, -0.05) is 12.7 Å². The van der Waals surface area contributed by atoms with Crippen LogP contribution in [0.4, 0.5) is 23.2 Å². The summed E-state index contributed by atoms with van der Waals surface area (Å²) in [6, 6.07) is 2.47. The monoisotopic (exact) mass is 363 g/mol. The zero-order valence-electron chi connectivity index (χ0n) is 13.9. The van der Waals surface area contributed by atoms with E-state index in [0.29, 0.717) is 11.2 Å². The molecule has 1 aliphatic heterocycles. The number of nitrogens with zero attached hydrogens (tertiary/aromatic N) is 3. The highest BCUT2D eigenvalue weighted by molar-refractivity contribution is 5.72. The molecule has 0 spiro atoms. The Hall–Kier alpha value is -2.57. The molecule has 2 aliphatic rings. The maximum absolute atomic E-state index is 14.3. The van der Waals surface area contributed by atoms with Crippen molar-refractivity contribution in [2.75, 3.05) is 11.4 Å². The molecule has 0 radical (unpaired) electrons. The zero-order chi connectivity index (χ0) is 18.5. The van der Waals surface area contributed by atoms with Crippen LogP contribution in [0, 0.1) is 0 Å². The van der Waals surface area contributed by atoms with Crippen molar-refractivity contribution in [1.29, 1.82) is 0 Å². The summed E-state index contributed by atoms with van der Waals surface area (Å²) in [5.41, 5.74) is 2.01. The van der Waals surface area contributed by atoms with Gasteiger partial charge in [-0.15, -0.1) is 0 Å². The van der Waals surface area contributed by atoms with Crippen LogP contribution in [-0.2, 0) is 0 Å². The van der Waals surface area contributed by atoms with Crippen LogP contribution in [0.15, 0.2) is 54.4 Å². The van der Waals surface area contributed by atoms with Gasteiger partial charge in [-0.05, 0) is 18.2 Å². The van der Waals surface area contributed by atoms with E-state index in [0.717, 1.165) is 11.6 Å². The molecule has 0 aromatic carbocycles. The highest BCUT2D eigenvalue weighted by atomic mass is 19.3. The first-order valence-corrected chi connectivity index (χ1v) is 8.37. The molecule has 0 bridgehead atoms. The standard InChI is InChI=1S/C19H17F4N3/c1-2-12-10-24-26-6-5-14(8-17(12)26)25-11-19(22,23)9-18(25)15-7-13(20)3-4-16(15)21/h2,5-8,10,18H,1,3-4,9,11H2. The largest absolute Gasteiger partial charge is 0.358 e. The van der Waals surface area contributed by atoms with Crippen molar-refractivity contribution < 1.29 is 17.6 Å². The lowest BCUT2D eigenvalue weighted by atomic mass is 9.96. The maximum atomic E-state index is 14.3. The van der Waals surface area contributed by atoms with Gasteiger partial charge in [0.2, 0.25) is 0 Å². The third-order valence-corrected chi connectivity index (χ3v) is 4.92. The normalized spacial score (nSPS) is 22.8. The zero-order valence-corrected chi connectivity index (χ0v) is 13.9. The van der Waals surface area contributed by atoms with Crippen molar-refractivity contribution in [3.8, 4) is 0 Å². The molecular formula is C19H17F4N3. The fraction of sp³-hybridized carbons (Fsp3) is 0.316. The van der Waals surface area contributed by atoms with Gasteiger partial charge in [0.05, 0.1) is 24.3 Å². The van der Waals surface area contributed by atoms with Crippen LogP contribution in [0.2, 0.25) is 0 Å². The van der Waals surface area contributed by atoms with Gasteiger partial charge in [0, 0.05) is 42.3 Å². The quantitative estimate of drug-likeness (QED) is 0.711. The second kappa shape index (κ2) is 6.00. The molecule has 0 saturated carbocycles. The van der Waals surface area contributed by atoms with Crippen LogP contribution in [0.1, 0.15) is 24.8 Å². The lowest BCUT2D eigenvalue weighted by Crippen LogP contribution is -2.32. The summed E-state index contributed by atoms with van der Waals surface area (Å²) in [6.07, 6.45) is 5.34. The van der Waals surface area contributed by atoms with E-state index in [-0.39, 0.29) is 18.4 Å². The average molecular weight is 363 g/mol. The Labute approximate surface area is 147 Å². The molecule has 2 aromatic heterocycles. The number of rotatable bonds is 3. The molecule has 1 atom stereocenters. The minimum Gasteiger partial charge on any atom is -0.358 e. The van der Waals surface area contributed by atoms with E-state index < -0.39 is 36.6 Å². The SMILES string of the molecule is C=Cc1cnn2ccc(N3CC(F)(F)CC3C3=C(F)CCC(F)=C3)cc12. The van der Waals surface area contributed by atoms with Gasteiger partial charge in [-0.3, -0.25) is 0 Å². The minimum atomic E-state index is -2.98. The molecule has 136 valence electrons. The molecule has 1 unspecified atom stereocenters. The van der Waals surface area contributed by atoms with Crippen LogP contribution in [-0.4, -0.2) is 28.1 Å². The van der Waals surface area contributed by atoms with E-state index in [9.17, 15) is 17.6 Å². The fourth-order valence-corrected chi connectivity index (χ4v) is 3.66. The van der Waals surface area contributed by atoms with Crippen LogP contribution < -0.4 is 4.90 Å². The summed E-state index contributed by atoms with van der Waals surface area (Å²) < 4.78 is 57.9. The number of hydrogen-bond donors (Lipinski definition) is 0. The number of hydrogen-bond acceptors (Lipinski definition) is 2. The summed E-state index contributed by atoms with van der Waals surface area (Å²) in [5.74, 6) is -3.97. The van der Waals surface area contributed by atoms with E-state index >= 15 is 0 Å².